The maximum Gasteiger partial charge on any atom is 0.352 e. The molecule has 1 amide bonds. The maximum absolute atomic E-state index is 12.3. The van der Waals surface area contributed by atoms with E-state index in [4.69, 9.17) is 5.11 Å². The number of carbonyl (C=O) groups is 2. The SMILES string of the molecule is CCC(C)(CC)NC(=O)c1c(C)[nH]c(C(=O)O)c1C. The predicted molar refractivity (Wildman–Crippen MR) is 73.7 cm³/mol. The van der Waals surface area contributed by atoms with Gasteiger partial charge in [0.05, 0.1) is 5.56 Å². The Bertz CT molecular complexity index is 499. The molecule has 0 spiro atoms. The molecular weight excluding hydrogens is 244 g/mol. The summed E-state index contributed by atoms with van der Waals surface area (Å²) in [5, 5.41) is 12.0. The Hall–Kier alpha value is -1.78. The molecule has 0 aliphatic carbocycles. The van der Waals surface area contributed by atoms with E-state index in [9.17, 15) is 9.59 Å². The molecule has 1 heterocycles. The summed E-state index contributed by atoms with van der Waals surface area (Å²) in [7, 11) is 0. The molecule has 106 valence electrons. The minimum atomic E-state index is -1.05. The minimum absolute atomic E-state index is 0.0809. The van der Waals surface area contributed by atoms with Crippen LogP contribution < -0.4 is 5.32 Å². The third kappa shape index (κ3) is 2.97. The highest BCUT2D eigenvalue weighted by Gasteiger charge is 2.27. The van der Waals surface area contributed by atoms with Crippen molar-refractivity contribution in [3.8, 4) is 0 Å². The van der Waals surface area contributed by atoms with E-state index in [1.807, 2.05) is 20.8 Å². The van der Waals surface area contributed by atoms with Crippen LogP contribution in [0.5, 0.6) is 0 Å². The van der Waals surface area contributed by atoms with Crippen LogP contribution in [0.25, 0.3) is 0 Å². The molecule has 0 saturated heterocycles. The first-order chi connectivity index (χ1) is 8.75. The molecule has 0 bridgehead atoms. The van der Waals surface area contributed by atoms with Crippen LogP contribution in [0.3, 0.4) is 0 Å². The number of carboxylic acids is 1. The summed E-state index contributed by atoms with van der Waals surface area (Å²) in [6.45, 7) is 9.38. The predicted octanol–water partition coefficient (Wildman–Crippen LogP) is 2.64. The average molecular weight is 266 g/mol. The number of H-pyrrole nitrogens is 1. The number of rotatable bonds is 5. The number of carboxylic acid groups (broad SMARTS) is 1. The summed E-state index contributed by atoms with van der Waals surface area (Å²) >= 11 is 0. The highest BCUT2D eigenvalue weighted by molar-refractivity contribution is 6.01. The standard InChI is InChI=1S/C14H22N2O3/c1-6-14(5,7-2)16-12(17)10-8(3)11(13(18)19)15-9(10)4/h15H,6-7H2,1-5H3,(H,16,17)(H,18,19). The minimum Gasteiger partial charge on any atom is -0.477 e. The molecule has 19 heavy (non-hydrogen) atoms. The summed E-state index contributed by atoms with van der Waals surface area (Å²) < 4.78 is 0. The molecule has 0 atom stereocenters. The van der Waals surface area contributed by atoms with Crippen LogP contribution in [-0.4, -0.2) is 27.5 Å². The molecular formula is C14H22N2O3. The number of amides is 1. The Kier molecular flexibility index (Phi) is 4.39. The molecule has 1 aromatic heterocycles. The van der Waals surface area contributed by atoms with E-state index in [0.29, 0.717) is 16.8 Å². The van der Waals surface area contributed by atoms with Crippen molar-refractivity contribution in [2.75, 3.05) is 0 Å². The molecule has 5 nitrogen and oxygen atoms in total. The zero-order chi connectivity index (χ0) is 14.8. The van der Waals surface area contributed by atoms with Gasteiger partial charge in [-0.05, 0) is 39.2 Å². The molecule has 1 aromatic rings. The zero-order valence-corrected chi connectivity index (χ0v) is 12.2. The van der Waals surface area contributed by atoms with Gasteiger partial charge in [-0.3, -0.25) is 4.79 Å². The third-order valence-electron chi connectivity index (χ3n) is 3.85. The largest absolute Gasteiger partial charge is 0.477 e. The monoisotopic (exact) mass is 266 g/mol. The normalized spacial score (nSPS) is 11.4. The van der Waals surface area contributed by atoms with E-state index in [0.717, 1.165) is 12.8 Å². The van der Waals surface area contributed by atoms with Crippen LogP contribution in [-0.2, 0) is 0 Å². The fraction of sp³-hybridized carbons (Fsp3) is 0.571. The Morgan fingerprint density at radius 2 is 1.79 bits per heavy atom. The topological polar surface area (TPSA) is 82.2 Å². The molecule has 5 heteroatoms. The summed E-state index contributed by atoms with van der Waals surface area (Å²) in [6, 6.07) is 0. The van der Waals surface area contributed by atoms with Gasteiger partial charge in [-0.1, -0.05) is 13.8 Å². The van der Waals surface area contributed by atoms with E-state index in [1.165, 1.54) is 0 Å². The first-order valence-electron chi connectivity index (χ1n) is 6.50. The smallest absolute Gasteiger partial charge is 0.352 e. The Balaban J connectivity index is 3.11. The molecule has 0 saturated carbocycles. The number of nitrogens with one attached hydrogen (secondary N) is 2. The van der Waals surface area contributed by atoms with Gasteiger partial charge in [0.2, 0.25) is 0 Å². The molecule has 3 N–H and O–H groups in total. The number of aromatic amines is 1. The van der Waals surface area contributed by atoms with Gasteiger partial charge in [0.1, 0.15) is 5.69 Å². The Morgan fingerprint density at radius 3 is 2.16 bits per heavy atom. The maximum atomic E-state index is 12.3. The van der Waals surface area contributed by atoms with Crippen molar-refractivity contribution in [3.63, 3.8) is 0 Å². The van der Waals surface area contributed by atoms with Crippen molar-refractivity contribution in [1.29, 1.82) is 0 Å². The summed E-state index contributed by atoms with van der Waals surface area (Å²) in [6.07, 6.45) is 1.65. The molecule has 0 aromatic carbocycles. The van der Waals surface area contributed by atoms with Crippen LogP contribution in [0.15, 0.2) is 0 Å². The lowest BCUT2D eigenvalue weighted by atomic mass is 9.94. The fourth-order valence-electron chi connectivity index (χ4n) is 2.07. The molecule has 1 rings (SSSR count). The van der Waals surface area contributed by atoms with E-state index in [-0.39, 0.29) is 17.1 Å². The van der Waals surface area contributed by atoms with Gasteiger partial charge in [-0.25, -0.2) is 4.79 Å². The highest BCUT2D eigenvalue weighted by Crippen LogP contribution is 2.20. The Morgan fingerprint density at radius 1 is 1.26 bits per heavy atom. The van der Waals surface area contributed by atoms with Gasteiger partial charge < -0.3 is 15.4 Å². The van der Waals surface area contributed by atoms with Crippen molar-refractivity contribution in [1.82, 2.24) is 10.3 Å². The number of carbonyl (C=O) groups excluding carboxylic acids is 1. The summed E-state index contributed by atoms with van der Waals surface area (Å²) in [5.74, 6) is -1.27. The summed E-state index contributed by atoms with van der Waals surface area (Å²) in [4.78, 5) is 26.1. The lowest BCUT2D eigenvalue weighted by Gasteiger charge is -2.28. The van der Waals surface area contributed by atoms with Crippen molar-refractivity contribution < 1.29 is 14.7 Å². The van der Waals surface area contributed by atoms with E-state index in [2.05, 4.69) is 10.3 Å². The number of aromatic carboxylic acids is 1. The molecule has 0 aliphatic rings. The summed E-state index contributed by atoms with van der Waals surface area (Å²) in [5.41, 5.74) is 1.32. The molecule has 0 aliphatic heterocycles. The van der Waals surface area contributed by atoms with Gasteiger partial charge in [-0.2, -0.15) is 0 Å². The van der Waals surface area contributed by atoms with Crippen LogP contribution in [0.1, 0.15) is 65.7 Å². The van der Waals surface area contributed by atoms with E-state index < -0.39 is 5.97 Å². The lowest BCUT2D eigenvalue weighted by molar-refractivity contribution is 0.0690. The lowest BCUT2D eigenvalue weighted by Crippen LogP contribution is -2.45. The van der Waals surface area contributed by atoms with Gasteiger partial charge in [0.25, 0.3) is 5.91 Å². The molecule has 0 fully saturated rings. The number of aromatic nitrogens is 1. The van der Waals surface area contributed by atoms with Gasteiger partial charge in [0, 0.05) is 11.2 Å². The molecule has 0 unspecified atom stereocenters. The first kappa shape index (κ1) is 15.3. The number of hydrogen-bond acceptors (Lipinski definition) is 2. The first-order valence-corrected chi connectivity index (χ1v) is 6.50. The van der Waals surface area contributed by atoms with E-state index >= 15 is 0 Å². The average Bonchev–Trinajstić information content (AvgIpc) is 2.64. The second-order valence-electron chi connectivity index (χ2n) is 5.15. The third-order valence-corrected chi connectivity index (χ3v) is 3.85. The van der Waals surface area contributed by atoms with Gasteiger partial charge in [0.15, 0.2) is 0 Å². The zero-order valence-electron chi connectivity index (χ0n) is 12.2. The second kappa shape index (κ2) is 5.47. The Labute approximate surface area is 113 Å². The quantitative estimate of drug-likeness (QED) is 0.766. The van der Waals surface area contributed by atoms with Crippen LogP contribution in [0, 0.1) is 13.8 Å². The van der Waals surface area contributed by atoms with Crippen molar-refractivity contribution in [2.24, 2.45) is 0 Å². The number of hydrogen-bond donors (Lipinski definition) is 3. The second-order valence-corrected chi connectivity index (χ2v) is 5.15. The number of aryl methyl sites for hydroxylation is 1. The van der Waals surface area contributed by atoms with E-state index in [1.54, 1.807) is 13.8 Å². The van der Waals surface area contributed by atoms with Crippen molar-refractivity contribution in [3.05, 3.63) is 22.5 Å². The van der Waals surface area contributed by atoms with Gasteiger partial charge >= 0.3 is 5.97 Å². The molecule has 0 radical (unpaired) electrons. The van der Waals surface area contributed by atoms with Crippen molar-refractivity contribution in [2.45, 2.75) is 53.0 Å². The van der Waals surface area contributed by atoms with Gasteiger partial charge in [-0.15, -0.1) is 0 Å². The highest BCUT2D eigenvalue weighted by atomic mass is 16.4. The fourth-order valence-corrected chi connectivity index (χ4v) is 2.07. The van der Waals surface area contributed by atoms with Crippen LogP contribution in [0.2, 0.25) is 0 Å². The van der Waals surface area contributed by atoms with Crippen LogP contribution in [0.4, 0.5) is 0 Å². The van der Waals surface area contributed by atoms with Crippen molar-refractivity contribution >= 4 is 11.9 Å². The van der Waals surface area contributed by atoms with Crippen LogP contribution >= 0.6 is 0 Å².